The van der Waals surface area contributed by atoms with Gasteiger partial charge in [0.15, 0.2) is 0 Å². The average Bonchev–Trinajstić information content (AvgIpc) is 2.36. The monoisotopic (exact) mass is 319 g/mol. The van der Waals surface area contributed by atoms with E-state index in [0.717, 1.165) is 0 Å². The molecule has 8 heteroatoms. The lowest BCUT2D eigenvalue weighted by Crippen LogP contribution is -2.36. The van der Waals surface area contributed by atoms with Crippen molar-refractivity contribution < 1.29 is 13.5 Å². The van der Waals surface area contributed by atoms with Crippen LogP contribution >= 0.6 is 11.8 Å². The Hall–Kier alpha value is -0.960. The molecule has 1 aromatic rings. The van der Waals surface area contributed by atoms with Gasteiger partial charge < -0.3 is 16.2 Å². The molecule has 1 aromatic carbocycles. The summed E-state index contributed by atoms with van der Waals surface area (Å²) in [6, 6.07) is 4.60. The van der Waals surface area contributed by atoms with Crippen molar-refractivity contribution in [3.63, 3.8) is 0 Å². The molecule has 1 rings (SSSR count). The summed E-state index contributed by atoms with van der Waals surface area (Å²) in [6.07, 6.45) is 1.92. The number of sulfonamides is 1. The molecule has 0 spiro atoms. The number of aliphatic hydroxyl groups is 1. The third-order valence-electron chi connectivity index (χ3n) is 2.70. The van der Waals surface area contributed by atoms with Crippen LogP contribution in [0.2, 0.25) is 0 Å². The Morgan fingerprint density at radius 2 is 2.10 bits per heavy atom. The maximum Gasteiger partial charge on any atom is 0.242 e. The van der Waals surface area contributed by atoms with Crippen molar-refractivity contribution in [2.24, 2.45) is 0 Å². The second-order valence-electron chi connectivity index (χ2n) is 4.74. The van der Waals surface area contributed by atoms with Gasteiger partial charge in [-0.1, -0.05) is 0 Å². The van der Waals surface area contributed by atoms with Gasteiger partial charge in [0.05, 0.1) is 11.3 Å². The highest BCUT2D eigenvalue weighted by Gasteiger charge is 2.20. The molecule has 0 amide bonds. The predicted octanol–water partition coefficient (Wildman–Crippen LogP) is 0.703. The number of nitrogens with one attached hydrogen (secondary N) is 2. The van der Waals surface area contributed by atoms with Crippen LogP contribution in [0.1, 0.15) is 6.92 Å². The normalized spacial score (nSPS) is 14.8. The fourth-order valence-electron chi connectivity index (χ4n) is 1.67. The lowest BCUT2D eigenvalue weighted by atomic mass is 10.1. The fraction of sp³-hybridized carbons (Fsp3) is 0.500. The summed E-state index contributed by atoms with van der Waals surface area (Å²) in [5.74, 6) is 0.599. The number of benzene rings is 1. The van der Waals surface area contributed by atoms with Gasteiger partial charge in [0.1, 0.15) is 4.90 Å². The Balaban J connectivity index is 2.84. The summed E-state index contributed by atoms with van der Waals surface area (Å²) in [4.78, 5) is 0.0430. The van der Waals surface area contributed by atoms with E-state index >= 15 is 0 Å². The molecule has 0 saturated carbocycles. The SMILES string of the molecule is CNS(=O)(=O)c1ccc(NCC(C)(O)CSC)cc1N. The molecule has 0 aliphatic carbocycles. The summed E-state index contributed by atoms with van der Waals surface area (Å²) in [7, 11) is -2.22. The first-order valence-electron chi connectivity index (χ1n) is 6.00. The molecule has 0 aromatic heterocycles. The van der Waals surface area contributed by atoms with Gasteiger partial charge in [-0.05, 0) is 38.4 Å². The van der Waals surface area contributed by atoms with Crippen molar-refractivity contribution in [1.82, 2.24) is 4.72 Å². The van der Waals surface area contributed by atoms with Crippen LogP contribution in [0.25, 0.3) is 0 Å². The molecule has 0 bridgehead atoms. The molecule has 6 nitrogen and oxygen atoms in total. The van der Waals surface area contributed by atoms with Crippen LogP contribution in [-0.2, 0) is 10.0 Å². The van der Waals surface area contributed by atoms with Gasteiger partial charge in [0.2, 0.25) is 10.0 Å². The smallest absolute Gasteiger partial charge is 0.242 e. The molecular formula is C12H21N3O3S2. The molecule has 1 unspecified atom stereocenters. The Labute approximate surface area is 124 Å². The van der Waals surface area contributed by atoms with Gasteiger partial charge in [-0.2, -0.15) is 11.8 Å². The summed E-state index contributed by atoms with van der Waals surface area (Å²) in [5, 5.41) is 13.1. The second-order valence-corrected chi connectivity index (χ2v) is 7.46. The van der Waals surface area contributed by atoms with Crippen molar-refractivity contribution in [1.29, 1.82) is 0 Å². The molecule has 0 aliphatic heterocycles. The fourth-order valence-corrected chi connectivity index (χ4v) is 3.23. The van der Waals surface area contributed by atoms with Crippen LogP contribution in [-0.4, -0.2) is 44.7 Å². The standard InChI is InChI=1S/C12H21N3O3S2/c1-12(16,8-19-3)7-15-9-4-5-11(10(13)6-9)20(17,18)14-2/h4-6,14-16H,7-8,13H2,1-3H3. The van der Waals surface area contributed by atoms with E-state index < -0.39 is 15.6 Å². The minimum absolute atomic E-state index is 0.0430. The van der Waals surface area contributed by atoms with Crippen LogP contribution < -0.4 is 15.8 Å². The Kier molecular flexibility index (Phi) is 5.69. The number of nitrogens with two attached hydrogens (primary N) is 1. The largest absolute Gasteiger partial charge is 0.398 e. The number of hydrogen-bond acceptors (Lipinski definition) is 6. The number of nitrogen functional groups attached to an aromatic ring is 1. The molecule has 0 heterocycles. The minimum atomic E-state index is -3.55. The number of hydrogen-bond donors (Lipinski definition) is 4. The van der Waals surface area contributed by atoms with E-state index in [1.807, 2.05) is 6.26 Å². The quantitative estimate of drug-likeness (QED) is 0.552. The van der Waals surface area contributed by atoms with Crippen molar-refractivity contribution in [3.8, 4) is 0 Å². The first-order valence-corrected chi connectivity index (χ1v) is 8.88. The van der Waals surface area contributed by atoms with E-state index in [-0.39, 0.29) is 10.6 Å². The maximum atomic E-state index is 11.7. The van der Waals surface area contributed by atoms with Crippen molar-refractivity contribution in [2.75, 3.05) is 36.7 Å². The lowest BCUT2D eigenvalue weighted by molar-refractivity contribution is 0.0997. The Bertz CT molecular complexity index is 559. The van der Waals surface area contributed by atoms with Gasteiger partial charge in [-0.3, -0.25) is 0 Å². The third-order valence-corrected chi connectivity index (χ3v) is 5.10. The van der Waals surface area contributed by atoms with E-state index in [1.165, 1.54) is 13.1 Å². The van der Waals surface area contributed by atoms with E-state index in [9.17, 15) is 13.5 Å². The van der Waals surface area contributed by atoms with Crippen molar-refractivity contribution in [3.05, 3.63) is 18.2 Å². The van der Waals surface area contributed by atoms with Crippen LogP contribution in [0.3, 0.4) is 0 Å². The summed E-state index contributed by atoms with van der Waals surface area (Å²) in [5.41, 5.74) is 5.74. The molecule has 114 valence electrons. The highest BCUT2D eigenvalue weighted by molar-refractivity contribution is 7.98. The van der Waals surface area contributed by atoms with Crippen LogP contribution in [0.15, 0.2) is 23.1 Å². The van der Waals surface area contributed by atoms with Crippen molar-refractivity contribution in [2.45, 2.75) is 17.4 Å². The van der Waals surface area contributed by atoms with E-state index in [4.69, 9.17) is 5.73 Å². The van der Waals surface area contributed by atoms with Crippen molar-refractivity contribution >= 4 is 33.2 Å². The molecule has 0 saturated heterocycles. The number of rotatable bonds is 7. The number of anilines is 2. The van der Waals surface area contributed by atoms with Gasteiger partial charge >= 0.3 is 0 Å². The topological polar surface area (TPSA) is 104 Å². The lowest BCUT2D eigenvalue weighted by Gasteiger charge is -2.23. The van der Waals surface area contributed by atoms with Gasteiger partial charge in [-0.15, -0.1) is 0 Å². The van der Waals surface area contributed by atoms with Crippen LogP contribution in [0.4, 0.5) is 11.4 Å². The maximum absolute atomic E-state index is 11.7. The highest BCUT2D eigenvalue weighted by Crippen LogP contribution is 2.23. The Morgan fingerprint density at radius 3 is 2.60 bits per heavy atom. The zero-order valence-electron chi connectivity index (χ0n) is 11.8. The first-order chi connectivity index (χ1) is 9.22. The van der Waals surface area contributed by atoms with E-state index in [2.05, 4.69) is 10.0 Å². The third kappa shape index (κ3) is 4.55. The summed E-state index contributed by atoms with van der Waals surface area (Å²) < 4.78 is 25.6. The van der Waals surface area contributed by atoms with Gasteiger partial charge in [-0.25, -0.2) is 13.1 Å². The van der Waals surface area contributed by atoms with Gasteiger partial charge in [0.25, 0.3) is 0 Å². The average molecular weight is 319 g/mol. The molecule has 0 fully saturated rings. The zero-order valence-corrected chi connectivity index (χ0v) is 13.4. The Morgan fingerprint density at radius 1 is 1.45 bits per heavy atom. The molecule has 20 heavy (non-hydrogen) atoms. The first kappa shape index (κ1) is 17.1. The summed E-state index contributed by atoms with van der Waals surface area (Å²) in [6.45, 7) is 2.09. The molecule has 1 atom stereocenters. The highest BCUT2D eigenvalue weighted by atomic mass is 32.2. The van der Waals surface area contributed by atoms with Crippen LogP contribution in [0.5, 0.6) is 0 Å². The molecular weight excluding hydrogens is 298 g/mol. The van der Waals surface area contributed by atoms with Crippen LogP contribution in [0, 0.1) is 0 Å². The predicted molar refractivity (Wildman–Crippen MR) is 84.6 cm³/mol. The molecule has 0 aliphatic rings. The zero-order chi connectivity index (χ0) is 15.4. The second kappa shape index (κ2) is 6.66. The van der Waals surface area contributed by atoms with Gasteiger partial charge in [0, 0.05) is 18.0 Å². The van der Waals surface area contributed by atoms with E-state index in [1.54, 1.807) is 30.8 Å². The molecule has 5 N–H and O–H groups in total. The minimum Gasteiger partial charge on any atom is -0.398 e. The molecule has 0 radical (unpaired) electrons. The number of thioether (sulfide) groups is 1. The van der Waals surface area contributed by atoms with E-state index in [0.29, 0.717) is 18.0 Å². The summed E-state index contributed by atoms with van der Waals surface area (Å²) >= 11 is 1.55.